The van der Waals surface area contributed by atoms with Crippen molar-refractivity contribution in [2.75, 3.05) is 29.9 Å². The van der Waals surface area contributed by atoms with E-state index in [1.165, 1.54) is 0 Å². The lowest BCUT2D eigenvalue weighted by atomic mass is 10.3. The lowest BCUT2D eigenvalue weighted by Gasteiger charge is -2.05. The quantitative estimate of drug-likeness (QED) is 0.552. The van der Waals surface area contributed by atoms with E-state index in [4.69, 9.17) is 0 Å². The maximum atomic E-state index is 11.4. The number of hydrogen-bond acceptors (Lipinski definition) is 5. The van der Waals surface area contributed by atoms with Crippen LogP contribution < -0.4 is 10.6 Å². The molecule has 1 aromatic rings. The van der Waals surface area contributed by atoms with Crippen LogP contribution in [-0.2, 0) is 0 Å². The number of amides is 1. The summed E-state index contributed by atoms with van der Waals surface area (Å²) < 4.78 is 0. The van der Waals surface area contributed by atoms with Crippen LogP contribution in [0.3, 0.4) is 0 Å². The molecule has 0 saturated heterocycles. The number of nitrogens with zero attached hydrogens (tertiary/aromatic N) is 2. The van der Waals surface area contributed by atoms with Gasteiger partial charge in [0.25, 0.3) is 5.91 Å². The van der Waals surface area contributed by atoms with Crippen LogP contribution in [0.2, 0.25) is 0 Å². The number of hydrogen-bond donors (Lipinski definition) is 2. The molecule has 1 aromatic heterocycles. The van der Waals surface area contributed by atoms with Gasteiger partial charge in [0.15, 0.2) is 5.69 Å². The Morgan fingerprint density at radius 3 is 2.94 bits per heavy atom. The van der Waals surface area contributed by atoms with Gasteiger partial charge in [-0.25, -0.2) is 0 Å². The maximum absolute atomic E-state index is 11.4. The second-order valence-corrected chi connectivity index (χ2v) is 4.60. The summed E-state index contributed by atoms with van der Waals surface area (Å²) in [5.41, 5.74) is 0.337. The van der Waals surface area contributed by atoms with E-state index in [1.807, 2.05) is 13.0 Å². The van der Waals surface area contributed by atoms with Crippen molar-refractivity contribution in [3.63, 3.8) is 0 Å². The molecule has 98 valence electrons. The van der Waals surface area contributed by atoms with Crippen molar-refractivity contribution in [1.82, 2.24) is 15.5 Å². The molecule has 0 atom stereocenters. The number of nitrogens with one attached hydrogen (secondary N) is 2. The summed E-state index contributed by atoms with van der Waals surface area (Å²) >= 11 is 1.79. The molecule has 0 aromatic carbocycles. The molecule has 1 heterocycles. The number of rotatable bonds is 8. The van der Waals surface area contributed by atoms with Gasteiger partial charge in [-0.3, -0.25) is 4.79 Å². The molecular formula is C12H18N4OS. The minimum Gasteiger partial charge on any atom is -0.368 e. The molecule has 0 saturated carbocycles. The summed E-state index contributed by atoms with van der Waals surface area (Å²) in [4.78, 5) is 11.4. The first-order chi connectivity index (χ1) is 8.77. The first-order valence-electron chi connectivity index (χ1n) is 5.82. The fraction of sp³-hybridized carbons (Fsp3) is 0.417. The molecule has 2 N–H and O–H groups in total. The number of carbonyl (C=O) groups excluding carboxylic acids is 1. The van der Waals surface area contributed by atoms with Gasteiger partial charge in [-0.05, 0) is 19.1 Å². The molecule has 0 fully saturated rings. The van der Waals surface area contributed by atoms with Gasteiger partial charge in [0.05, 0.1) is 0 Å². The van der Waals surface area contributed by atoms with Gasteiger partial charge in [0.2, 0.25) is 0 Å². The zero-order valence-corrected chi connectivity index (χ0v) is 11.3. The van der Waals surface area contributed by atoms with Gasteiger partial charge in [0.1, 0.15) is 5.82 Å². The first-order valence-corrected chi connectivity index (χ1v) is 6.97. The number of thioether (sulfide) groups is 1. The van der Waals surface area contributed by atoms with Crippen LogP contribution in [0, 0.1) is 0 Å². The standard InChI is InChI=1S/C12H18N4OS/c1-3-8-18-9-7-14-11-6-5-10(15-16-11)12(17)13-4-2/h3,5-6H,1,4,7-9H2,2H3,(H,13,17)(H,14,16). The predicted octanol–water partition coefficient (Wildman–Crippen LogP) is 1.56. The van der Waals surface area contributed by atoms with Crippen molar-refractivity contribution in [2.45, 2.75) is 6.92 Å². The van der Waals surface area contributed by atoms with Crippen LogP contribution in [0.15, 0.2) is 24.8 Å². The normalized spacial score (nSPS) is 9.83. The number of aromatic nitrogens is 2. The smallest absolute Gasteiger partial charge is 0.271 e. The molecule has 1 amide bonds. The molecule has 0 bridgehead atoms. The van der Waals surface area contributed by atoms with Gasteiger partial charge in [-0.1, -0.05) is 6.08 Å². The monoisotopic (exact) mass is 266 g/mol. The van der Waals surface area contributed by atoms with Crippen LogP contribution >= 0.6 is 11.8 Å². The second-order valence-electron chi connectivity index (χ2n) is 3.45. The van der Waals surface area contributed by atoms with E-state index in [0.717, 1.165) is 18.1 Å². The summed E-state index contributed by atoms with van der Waals surface area (Å²) in [7, 11) is 0. The summed E-state index contributed by atoms with van der Waals surface area (Å²) in [5.74, 6) is 2.41. The summed E-state index contributed by atoms with van der Waals surface area (Å²) in [6.07, 6.45) is 1.88. The number of carbonyl (C=O) groups is 1. The minimum atomic E-state index is -0.196. The summed E-state index contributed by atoms with van der Waals surface area (Å²) in [6, 6.07) is 3.42. The van der Waals surface area contributed by atoms with E-state index in [2.05, 4.69) is 27.4 Å². The van der Waals surface area contributed by atoms with Crippen molar-refractivity contribution >= 4 is 23.5 Å². The van der Waals surface area contributed by atoms with Crippen LogP contribution in [0.1, 0.15) is 17.4 Å². The second kappa shape index (κ2) is 8.52. The predicted molar refractivity (Wildman–Crippen MR) is 76.1 cm³/mol. The zero-order valence-electron chi connectivity index (χ0n) is 10.5. The van der Waals surface area contributed by atoms with Crippen molar-refractivity contribution in [3.8, 4) is 0 Å². The van der Waals surface area contributed by atoms with Crippen molar-refractivity contribution in [3.05, 3.63) is 30.5 Å². The average Bonchev–Trinajstić information content (AvgIpc) is 2.39. The fourth-order valence-electron chi connectivity index (χ4n) is 1.22. The Labute approximate surface area is 111 Å². The molecule has 18 heavy (non-hydrogen) atoms. The average molecular weight is 266 g/mol. The third-order valence-corrected chi connectivity index (χ3v) is 2.99. The van der Waals surface area contributed by atoms with Crippen molar-refractivity contribution in [1.29, 1.82) is 0 Å². The lowest BCUT2D eigenvalue weighted by molar-refractivity contribution is 0.0950. The third-order valence-electron chi connectivity index (χ3n) is 2.02. The molecule has 6 heteroatoms. The highest BCUT2D eigenvalue weighted by Gasteiger charge is 2.05. The van der Waals surface area contributed by atoms with Crippen LogP contribution in [0.25, 0.3) is 0 Å². The van der Waals surface area contributed by atoms with E-state index < -0.39 is 0 Å². The van der Waals surface area contributed by atoms with Gasteiger partial charge in [0, 0.05) is 24.6 Å². The summed E-state index contributed by atoms with van der Waals surface area (Å²) in [6.45, 7) is 6.92. The SMILES string of the molecule is C=CCSCCNc1ccc(C(=O)NCC)nn1. The number of anilines is 1. The minimum absolute atomic E-state index is 0.196. The Bertz CT molecular complexity index is 380. The van der Waals surface area contributed by atoms with Gasteiger partial charge in [-0.2, -0.15) is 11.8 Å². The maximum Gasteiger partial charge on any atom is 0.271 e. The molecule has 0 aliphatic rings. The first kappa shape index (κ1) is 14.5. The molecule has 0 unspecified atom stereocenters. The Hall–Kier alpha value is -1.56. The molecule has 0 aliphatic heterocycles. The highest BCUT2D eigenvalue weighted by molar-refractivity contribution is 7.99. The Morgan fingerprint density at radius 1 is 1.50 bits per heavy atom. The molecule has 5 nitrogen and oxygen atoms in total. The Morgan fingerprint density at radius 2 is 2.33 bits per heavy atom. The molecule has 0 spiro atoms. The van der Waals surface area contributed by atoms with Gasteiger partial charge >= 0.3 is 0 Å². The summed E-state index contributed by atoms with van der Waals surface area (Å²) in [5, 5.41) is 13.6. The van der Waals surface area contributed by atoms with E-state index in [0.29, 0.717) is 18.1 Å². The van der Waals surface area contributed by atoms with E-state index in [1.54, 1.807) is 23.9 Å². The van der Waals surface area contributed by atoms with E-state index in [-0.39, 0.29) is 5.91 Å². The topological polar surface area (TPSA) is 66.9 Å². The molecular weight excluding hydrogens is 248 g/mol. The molecule has 0 radical (unpaired) electrons. The van der Waals surface area contributed by atoms with E-state index in [9.17, 15) is 4.79 Å². The van der Waals surface area contributed by atoms with Crippen LogP contribution in [-0.4, -0.2) is 40.7 Å². The third kappa shape index (κ3) is 5.18. The largest absolute Gasteiger partial charge is 0.368 e. The zero-order chi connectivity index (χ0) is 13.2. The highest BCUT2D eigenvalue weighted by Crippen LogP contribution is 2.04. The Balaban J connectivity index is 2.36. The molecule has 0 aliphatic carbocycles. The Kier molecular flexibility index (Phi) is 6.86. The van der Waals surface area contributed by atoms with Gasteiger partial charge in [-0.15, -0.1) is 16.8 Å². The fourth-order valence-corrected chi connectivity index (χ4v) is 1.80. The van der Waals surface area contributed by atoms with Crippen LogP contribution in [0.5, 0.6) is 0 Å². The molecule has 1 rings (SSSR count). The highest BCUT2D eigenvalue weighted by atomic mass is 32.2. The lowest BCUT2D eigenvalue weighted by Crippen LogP contribution is -2.24. The van der Waals surface area contributed by atoms with E-state index >= 15 is 0 Å². The van der Waals surface area contributed by atoms with Gasteiger partial charge < -0.3 is 10.6 Å². The van der Waals surface area contributed by atoms with Crippen molar-refractivity contribution in [2.24, 2.45) is 0 Å². The van der Waals surface area contributed by atoms with Crippen LogP contribution in [0.4, 0.5) is 5.82 Å². The van der Waals surface area contributed by atoms with Crippen molar-refractivity contribution < 1.29 is 4.79 Å².